The highest BCUT2D eigenvalue weighted by molar-refractivity contribution is 6.30. The minimum absolute atomic E-state index is 0.0128. The quantitative estimate of drug-likeness (QED) is 0.617. The van der Waals surface area contributed by atoms with Gasteiger partial charge in [-0.2, -0.15) is 0 Å². The molecule has 31 heavy (non-hydrogen) atoms. The molecule has 2 aromatic carbocycles. The molecule has 0 spiro atoms. The number of esters is 1. The zero-order valence-corrected chi connectivity index (χ0v) is 19.2. The van der Waals surface area contributed by atoms with Crippen LogP contribution in [0, 0.1) is 0 Å². The zero-order chi connectivity index (χ0) is 22.6. The predicted molar refractivity (Wildman–Crippen MR) is 122 cm³/mol. The van der Waals surface area contributed by atoms with Gasteiger partial charge in [0.25, 0.3) is 5.91 Å². The second-order valence-corrected chi connectivity index (χ2v) is 8.79. The molecule has 1 aliphatic heterocycles. The number of halogens is 1. The third kappa shape index (κ3) is 5.91. The van der Waals surface area contributed by atoms with E-state index in [4.69, 9.17) is 21.1 Å². The average molecular weight is 445 g/mol. The van der Waals surface area contributed by atoms with Crippen molar-refractivity contribution in [1.29, 1.82) is 0 Å². The van der Waals surface area contributed by atoms with Crippen LogP contribution >= 0.6 is 11.6 Å². The average Bonchev–Trinajstić information content (AvgIpc) is 2.73. The molecule has 0 bridgehead atoms. The molecule has 1 fully saturated rings. The van der Waals surface area contributed by atoms with E-state index in [1.54, 1.807) is 38.1 Å². The van der Waals surface area contributed by atoms with Crippen molar-refractivity contribution in [3.8, 4) is 5.75 Å². The predicted octanol–water partition coefficient (Wildman–Crippen LogP) is 4.41. The van der Waals surface area contributed by atoms with Crippen LogP contribution in [0.3, 0.4) is 0 Å². The van der Waals surface area contributed by atoms with Crippen molar-refractivity contribution in [3.63, 3.8) is 0 Å². The molecule has 2 aromatic rings. The van der Waals surface area contributed by atoms with Crippen molar-refractivity contribution in [3.05, 3.63) is 59.1 Å². The van der Waals surface area contributed by atoms with Crippen LogP contribution < -0.4 is 9.64 Å². The van der Waals surface area contributed by atoms with E-state index in [-0.39, 0.29) is 12.0 Å². The Morgan fingerprint density at radius 2 is 1.65 bits per heavy atom. The van der Waals surface area contributed by atoms with Gasteiger partial charge in [0.2, 0.25) is 0 Å². The van der Waals surface area contributed by atoms with Crippen LogP contribution in [0.4, 0.5) is 5.69 Å². The van der Waals surface area contributed by atoms with Crippen molar-refractivity contribution in [2.75, 3.05) is 31.1 Å². The molecule has 7 heteroatoms. The van der Waals surface area contributed by atoms with E-state index < -0.39 is 11.6 Å². The molecule has 6 nitrogen and oxygen atoms in total. The highest BCUT2D eigenvalue weighted by atomic mass is 35.5. The summed E-state index contributed by atoms with van der Waals surface area (Å²) in [7, 11) is 0. The summed E-state index contributed by atoms with van der Waals surface area (Å²) >= 11 is 5.91. The number of rotatable bonds is 6. The fraction of sp³-hybridized carbons (Fsp3) is 0.417. The van der Waals surface area contributed by atoms with E-state index in [0.717, 1.165) is 5.69 Å². The van der Waals surface area contributed by atoms with Crippen molar-refractivity contribution in [1.82, 2.24) is 4.90 Å². The Morgan fingerprint density at radius 3 is 2.26 bits per heavy atom. The number of nitrogens with zero attached hydrogens (tertiary/aromatic N) is 2. The minimum atomic E-state index is -1.09. The first-order valence-electron chi connectivity index (χ1n) is 10.5. The Morgan fingerprint density at radius 1 is 1.00 bits per heavy atom. The van der Waals surface area contributed by atoms with Gasteiger partial charge in [0.05, 0.1) is 6.10 Å². The smallest absolute Gasteiger partial charge is 0.350 e. The van der Waals surface area contributed by atoms with E-state index in [1.807, 2.05) is 43.0 Å². The van der Waals surface area contributed by atoms with E-state index in [9.17, 15) is 9.59 Å². The van der Waals surface area contributed by atoms with Gasteiger partial charge in [0.15, 0.2) is 5.60 Å². The molecule has 1 saturated heterocycles. The molecule has 0 unspecified atom stereocenters. The topological polar surface area (TPSA) is 59.1 Å². The fourth-order valence-corrected chi connectivity index (χ4v) is 3.50. The highest BCUT2D eigenvalue weighted by Gasteiger charge is 2.32. The Hall–Kier alpha value is -2.73. The van der Waals surface area contributed by atoms with Crippen molar-refractivity contribution >= 4 is 29.2 Å². The van der Waals surface area contributed by atoms with Gasteiger partial charge < -0.3 is 19.3 Å². The first-order valence-corrected chi connectivity index (χ1v) is 10.8. The van der Waals surface area contributed by atoms with Gasteiger partial charge in [-0.15, -0.1) is 0 Å². The van der Waals surface area contributed by atoms with Crippen LogP contribution in [0.15, 0.2) is 48.5 Å². The maximum Gasteiger partial charge on any atom is 0.350 e. The largest absolute Gasteiger partial charge is 0.476 e. The number of carbonyl (C=O) groups is 2. The SMILES string of the molecule is CC(C)OC(=O)C(C)(C)Oc1cccc(N2CCN(C(=O)c3ccc(Cl)cc3)CC2)c1. The van der Waals surface area contributed by atoms with Gasteiger partial charge in [0, 0.05) is 48.5 Å². The molecule has 0 N–H and O–H groups in total. The van der Waals surface area contributed by atoms with Crippen molar-refractivity contribution in [2.24, 2.45) is 0 Å². The summed E-state index contributed by atoms with van der Waals surface area (Å²) in [6.45, 7) is 9.69. The fourth-order valence-electron chi connectivity index (χ4n) is 3.38. The molecular formula is C24H29ClN2O4. The zero-order valence-electron chi connectivity index (χ0n) is 18.4. The summed E-state index contributed by atoms with van der Waals surface area (Å²) in [4.78, 5) is 29.1. The molecule has 1 heterocycles. The summed E-state index contributed by atoms with van der Waals surface area (Å²) in [6.07, 6.45) is -0.200. The van der Waals surface area contributed by atoms with Crippen LogP contribution in [0.25, 0.3) is 0 Å². The van der Waals surface area contributed by atoms with Crippen LogP contribution in [0.5, 0.6) is 5.75 Å². The van der Waals surface area contributed by atoms with E-state index in [2.05, 4.69) is 4.90 Å². The first kappa shape index (κ1) is 22.9. The summed E-state index contributed by atoms with van der Waals surface area (Å²) < 4.78 is 11.2. The van der Waals surface area contributed by atoms with Gasteiger partial charge in [0.1, 0.15) is 5.75 Å². The normalized spacial score (nSPS) is 14.5. The lowest BCUT2D eigenvalue weighted by Crippen LogP contribution is -2.48. The Balaban J connectivity index is 1.61. The molecule has 3 rings (SSSR count). The molecule has 0 aliphatic carbocycles. The molecule has 1 aliphatic rings. The Kier molecular flexibility index (Phi) is 7.11. The maximum atomic E-state index is 12.7. The number of carbonyl (C=O) groups excluding carboxylic acids is 2. The lowest BCUT2D eigenvalue weighted by atomic mass is 10.1. The molecular weight excluding hydrogens is 416 g/mol. The molecule has 1 amide bonds. The molecule has 166 valence electrons. The summed E-state index contributed by atoms with van der Waals surface area (Å²) in [6, 6.07) is 14.6. The van der Waals surface area contributed by atoms with E-state index in [1.165, 1.54) is 0 Å². The Bertz CT molecular complexity index is 919. The third-order valence-electron chi connectivity index (χ3n) is 5.05. The van der Waals surface area contributed by atoms with Crippen LogP contribution in [-0.2, 0) is 9.53 Å². The number of hydrogen-bond donors (Lipinski definition) is 0. The third-order valence-corrected chi connectivity index (χ3v) is 5.30. The minimum Gasteiger partial charge on any atom is -0.476 e. The standard InChI is InChI=1S/C24H29ClN2O4/c1-17(2)30-23(29)24(3,4)31-21-7-5-6-20(16-21)26-12-14-27(15-13-26)22(28)18-8-10-19(25)11-9-18/h5-11,16-17H,12-15H2,1-4H3. The number of amides is 1. The van der Waals surface area contributed by atoms with Crippen LogP contribution in [0.1, 0.15) is 38.1 Å². The van der Waals surface area contributed by atoms with E-state index in [0.29, 0.717) is 42.5 Å². The van der Waals surface area contributed by atoms with Gasteiger partial charge in [-0.25, -0.2) is 4.79 Å². The van der Waals surface area contributed by atoms with Crippen LogP contribution in [0.2, 0.25) is 5.02 Å². The first-order chi connectivity index (χ1) is 14.7. The molecule has 0 atom stereocenters. The highest BCUT2D eigenvalue weighted by Crippen LogP contribution is 2.26. The molecule has 0 radical (unpaired) electrons. The number of piperazine rings is 1. The lowest BCUT2D eigenvalue weighted by molar-refractivity contribution is -0.163. The summed E-state index contributed by atoms with van der Waals surface area (Å²) in [5.74, 6) is 0.212. The van der Waals surface area contributed by atoms with Gasteiger partial charge in [-0.1, -0.05) is 17.7 Å². The van der Waals surface area contributed by atoms with Gasteiger partial charge >= 0.3 is 5.97 Å². The second-order valence-electron chi connectivity index (χ2n) is 8.35. The monoisotopic (exact) mass is 444 g/mol. The van der Waals surface area contributed by atoms with E-state index >= 15 is 0 Å². The number of hydrogen-bond acceptors (Lipinski definition) is 5. The number of benzene rings is 2. The number of anilines is 1. The van der Waals surface area contributed by atoms with Gasteiger partial charge in [-0.05, 0) is 64.1 Å². The maximum absolute atomic E-state index is 12.7. The lowest BCUT2D eigenvalue weighted by Gasteiger charge is -2.36. The molecule has 0 aromatic heterocycles. The Labute approximate surface area is 188 Å². The summed E-state index contributed by atoms with van der Waals surface area (Å²) in [5, 5.41) is 0.615. The second kappa shape index (κ2) is 9.60. The summed E-state index contributed by atoms with van der Waals surface area (Å²) in [5.41, 5.74) is 0.542. The number of ether oxygens (including phenoxy) is 2. The van der Waals surface area contributed by atoms with Gasteiger partial charge in [-0.3, -0.25) is 4.79 Å². The molecule has 0 saturated carbocycles. The van der Waals surface area contributed by atoms with Crippen LogP contribution in [-0.4, -0.2) is 54.7 Å². The van der Waals surface area contributed by atoms with Crippen molar-refractivity contribution in [2.45, 2.75) is 39.4 Å². The van der Waals surface area contributed by atoms with Crippen molar-refractivity contribution < 1.29 is 19.1 Å².